The minimum absolute atomic E-state index is 0.160. The normalized spacial score (nSPS) is 10.5. The monoisotopic (exact) mass is 330 g/mol. The second-order valence-electron chi connectivity index (χ2n) is 4.23. The fourth-order valence-electron chi connectivity index (χ4n) is 1.58. The summed E-state index contributed by atoms with van der Waals surface area (Å²) in [6.45, 7) is 2.23. The molecule has 0 aliphatic heterocycles. The fourth-order valence-corrected chi connectivity index (χ4v) is 1.58. The molecule has 0 spiro atoms. The molecule has 0 atom stereocenters. The molecule has 0 heterocycles. The summed E-state index contributed by atoms with van der Waals surface area (Å²) in [7, 11) is 1.58. The molecule has 0 aliphatic rings. The summed E-state index contributed by atoms with van der Waals surface area (Å²) in [6, 6.07) is 3.36. The van der Waals surface area contributed by atoms with E-state index in [1.54, 1.807) is 7.11 Å². The first-order valence-electron chi connectivity index (χ1n) is 6.76. The van der Waals surface area contributed by atoms with Gasteiger partial charge < -0.3 is 18.9 Å². The molecule has 0 fully saturated rings. The van der Waals surface area contributed by atoms with Gasteiger partial charge in [-0.05, 0) is 6.07 Å². The summed E-state index contributed by atoms with van der Waals surface area (Å²) in [4.78, 5) is 19.9. The zero-order valence-corrected chi connectivity index (χ0v) is 12.6. The second kappa shape index (κ2) is 10.4. The van der Waals surface area contributed by atoms with E-state index < -0.39 is 21.2 Å². The van der Waals surface area contributed by atoms with Crippen molar-refractivity contribution in [3.63, 3.8) is 0 Å². The van der Waals surface area contributed by atoms with Gasteiger partial charge >= 0.3 is 11.4 Å². The van der Waals surface area contributed by atoms with E-state index in [1.165, 1.54) is 6.07 Å². The molecule has 0 saturated heterocycles. The number of ether oxygens (including phenoxy) is 4. The largest absolute Gasteiger partial charge is 0.491 e. The van der Waals surface area contributed by atoms with E-state index >= 15 is 0 Å². The lowest BCUT2D eigenvalue weighted by Gasteiger charge is -2.07. The zero-order valence-electron chi connectivity index (χ0n) is 12.6. The van der Waals surface area contributed by atoms with Crippen LogP contribution in [0, 0.1) is 20.2 Å². The molecular formula is C13H18N2O8. The Morgan fingerprint density at radius 2 is 1.43 bits per heavy atom. The maximum atomic E-state index is 10.8. The van der Waals surface area contributed by atoms with E-state index in [-0.39, 0.29) is 19.0 Å². The van der Waals surface area contributed by atoms with Crippen molar-refractivity contribution in [3.8, 4) is 5.75 Å². The van der Waals surface area contributed by atoms with Crippen molar-refractivity contribution in [1.29, 1.82) is 0 Å². The van der Waals surface area contributed by atoms with Gasteiger partial charge in [-0.2, -0.15) is 0 Å². The predicted octanol–water partition coefficient (Wildman–Crippen LogP) is 1.56. The predicted molar refractivity (Wildman–Crippen MR) is 78.8 cm³/mol. The molecule has 0 saturated carbocycles. The molecule has 1 aromatic rings. The van der Waals surface area contributed by atoms with E-state index in [4.69, 9.17) is 18.9 Å². The van der Waals surface area contributed by atoms with Crippen molar-refractivity contribution in [2.45, 2.75) is 0 Å². The van der Waals surface area contributed by atoms with Crippen LogP contribution in [-0.2, 0) is 14.2 Å². The highest BCUT2D eigenvalue weighted by Gasteiger charge is 2.24. The Morgan fingerprint density at radius 3 is 2.00 bits per heavy atom. The third-order valence-electron chi connectivity index (χ3n) is 2.64. The Kier molecular flexibility index (Phi) is 8.50. The van der Waals surface area contributed by atoms with Crippen LogP contribution in [0.2, 0.25) is 0 Å². The minimum atomic E-state index is -0.821. The molecular weight excluding hydrogens is 312 g/mol. The zero-order chi connectivity index (χ0) is 17.1. The van der Waals surface area contributed by atoms with E-state index in [9.17, 15) is 20.2 Å². The molecule has 0 radical (unpaired) electrons. The lowest BCUT2D eigenvalue weighted by Crippen LogP contribution is -2.12. The van der Waals surface area contributed by atoms with Crippen LogP contribution in [-0.4, -0.2) is 56.6 Å². The highest BCUT2D eigenvalue weighted by atomic mass is 16.6. The fraction of sp³-hybridized carbons (Fsp3) is 0.538. The first kappa shape index (κ1) is 18.7. The molecule has 0 bridgehead atoms. The van der Waals surface area contributed by atoms with E-state index in [2.05, 4.69) is 0 Å². The molecule has 0 N–H and O–H groups in total. The molecule has 0 amide bonds. The maximum absolute atomic E-state index is 10.8. The smallest absolute Gasteiger partial charge is 0.349 e. The summed E-state index contributed by atoms with van der Waals surface area (Å²) >= 11 is 0. The summed E-state index contributed by atoms with van der Waals surface area (Å²) in [6.07, 6.45) is 0. The van der Waals surface area contributed by atoms with Gasteiger partial charge in [0.2, 0.25) is 0 Å². The number of nitro groups is 2. The average molecular weight is 330 g/mol. The maximum Gasteiger partial charge on any atom is 0.349 e. The van der Waals surface area contributed by atoms with Crippen molar-refractivity contribution in [3.05, 3.63) is 38.4 Å². The summed E-state index contributed by atoms with van der Waals surface area (Å²) < 4.78 is 20.5. The average Bonchev–Trinajstić information content (AvgIpc) is 2.53. The Balaban J connectivity index is 2.31. The molecule has 10 heteroatoms. The Bertz CT molecular complexity index is 523. The number of benzene rings is 1. The Hall–Kier alpha value is -2.30. The number of hydrogen-bond donors (Lipinski definition) is 0. The third-order valence-corrected chi connectivity index (χ3v) is 2.64. The van der Waals surface area contributed by atoms with Crippen molar-refractivity contribution < 1.29 is 28.8 Å². The van der Waals surface area contributed by atoms with E-state index in [1.807, 2.05) is 0 Å². The third kappa shape index (κ3) is 7.00. The van der Waals surface area contributed by atoms with Crippen LogP contribution in [0.1, 0.15) is 0 Å². The van der Waals surface area contributed by atoms with E-state index in [0.29, 0.717) is 26.4 Å². The van der Waals surface area contributed by atoms with Gasteiger partial charge in [-0.25, -0.2) is 0 Å². The molecule has 0 aromatic heterocycles. The second-order valence-corrected chi connectivity index (χ2v) is 4.23. The molecule has 128 valence electrons. The Morgan fingerprint density at radius 1 is 0.870 bits per heavy atom. The van der Waals surface area contributed by atoms with Gasteiger partial charge in [0.05, 0.1) is 48.9 Å². The molecule has 0 unspecified atom stereocenters. The molecule has 1 rings (SSSR count). The standard InChI is InChI=1S/C13H18N2O8/c1-20-4-5-21-6-7-22-8-9-23-11-2-3-12(14(16)17)13(10-11)15(18)19/h2-3,10H,4-9H2,1H3. The highest BCUT2D eigenvalue weighted by molar-refractivity contribution is 5.55. The number of nitrogens with zero attached hydrogens (tertiary/aromatic N) is 2. The first-order chi connectivity index (χ1) is 11.1. The first-order valence-corrected chi connectivity index (χ1v) is 6.76. The van der Waals surface area contributed by atoms with Crippen molar-refractivity contribution in [1.82, 2.24) is 0 Å². The summed E-state index contributed by atoms with van der Waals surface area (Å²) in [5.74, 6) is 0.169. The van der Waals surface area contributed by atoms with Crippen LogP contribution in [0.15, 0.2) is 18.2 Å². The summed E-state index contributed by atoms with van der Waals surface area (Å²) in [5.41, 5.74) is -1.19. The van der Waals surface area contributed by atoms with Crippen molar-refractivity contribution in [2.75, 3.05) is 46.8 Å². The summed E-state index contributed by atoms with van der Waals surface area (Å²) in [5, 5.41) is 21.5. The lowest BCUT2D eigenvalue weighted by molar-refractivity contribution is -0.422. The molecule has 23 heavy (non-hydrogen) atoms. The van der Waals surface area contributed by atoms with Gasteiger partial charge in [-0.3, -0.25) is 20.2 Å². The van der Waals surface area contributed by atoms with Gasteiger partial charge in [0.1, 0.15) is 12.4 Å². The quantitative estimate of drug-likeness (QED) is 0.321. The van der Waals surface area contributed by atoms with Gasteiger partial charge in [-0.1, -0.05) is 0 Å². The van der Waals surface area contributed by atoms with Gasteiger partial charge in [0, 0.05) is 13.2 Å². The minimum Gasteiger partial charge on any atom is -0.491 e. The van der Waals surface area contributed by atoms with Crippen LogP contribution >= 0.6 is 0 Å². The molecule has 10 nitrogen and oxygen atoms in total. The van der Waals surface area contributed by atoms with Crippen LogP contribution < -0.4 is 4.74 Å². The molecule has 1 aromatic carbocycles. The van der Waals surface area contributed by atoms with Crippen LogP contribution in [0.25, 0.3) is 0 Å². The van der Waals surface area contributed by atoms with Crippen molar-refractivity contribution in [2.24, 2.45) is 0 Å². The highest BCUT2D eigenvalue weighted by Crippen LogP contribution is 2.30. The number of methoxy groups -OCH3 is 1. The van der Waals surface area contributed by atoms with Gasteiger partial charge in [0.25, 0.3) is 0 Å². The van der Waals surface area contributed by atoms with Gasteiger partial charge in [-0.15, -0.1) is 0 Å². The van der Waals surface area contributed by atoms with Gasteiger partial charge in [0.15, 0.2) is 0 Å². The SMILES string of the molecule is COCCOCCOCCOc1ccc([N+](=O)[O-])c([N+](=O)[O-])c1. The van der Waals surface area contributed by atoms with Crippen LogP contribution in [0.4, 0.5) is 11.4 Å². The number of nitro benzene ring substituents is 2. The van der Waals surface area contributed by atoms with Crippen molar-refractivity contribution >= 4 is 11.4 Å². The van der Waals surface area contributed by atoms with E-state index in [0.717, 1.165) is 12.1 Å². The topological polar surface area (TPSA) is 123 Å². The number of hydrogen-bond acceptors (Lipinski definition) is 8. The van der Waals surface area contributed by atoms with Crippen LogP contribution in [0.5, 0.6) is 5.75 Å². The molecule has 0 aliphatic carbocycles. The van der Waals surface area contributed by atoms with Crippen LogP contribution in [0.3, 0.4) is 0 Å². The number of rotatable bonds is 12. The Labute approximate surface area is 132 Å². The lowest BCUT2D eigenvalue weighted by atomic mass is 10.2.